The largest absolute Gasteiger partial charge is 0.300 e. The zero-order valence-corrected chi connectivity index (χ0v) is 17.6. The predicted molar refractivity (Wildman–Crippen MR) is 105 cm³/mol. The van der Waals surface area contributed by atoms with E-state index in [1.807, 2.05) is 0 Å². The molecule has 3 nitrogen and oxygen atoms in total. The minimum atomic E-state index is -0.306. The van der Waals surface area contributed by atoms with Crippen molar-refractivity contribution >= 4 is 17.3 Å². The number of fused-ring (bicyclic) bond motifs is 5. The molecule has 8 atom stereocenters. The van der Waals surface area contributed by atoms with Crippen LogP contribution in [0.1, 0.15) is 85.5 Å². The first kappa shape index (κ1) is 19.3. The molecular weight excluding hydrogens is 336 g/mol. The Morgan fingerprint density at radius 2 is 1.78 bits per heavy atom. The van der Waals surface area contributed by atoms with Gasteiger partial charge in [-0.25, -0.2) is 0 Å². The quantitative estimate of drug-likeness (QED) is 0.700. The highest BCUT2D eigenvalue weighted by Crippen LogP contribution is 2.66. The monoisotopic (exact) mass is 372 g/mol. The van der Waals surface area contributed by atoms with E-state index < -0.39 is 0 Å². The van der Waals surface area contributed by atoms with Crippen LogP contribution in [0.3, 0.4) is 0 Å². The Morgan fingerprint density at radius 1 is 1.04 bits per heavy atom. The number of rotatable bonds is 3. The number of Topliss-reactive ketones (excluding diaryl/α,β-unsaturated/α-hetero) is 3. The summed E-state index contributed by atoms with van der Waals surface area (Å²) in [5, 5.41) is 0. The second kappa shape index (κ2) is 6.52. The Bertz CT molecular complexity index is 667. The number of hydrogen-bond donors (Lipinski definition) is 0. The molecule has 0 N–H and O–H groups in total. The molecule has 0 radical (unpaired) electrons. The molecule has 0 heterocycles. The molecule has 4 rings (SSSR count). The molecular formula is C24H36O3. The van der Waals surface area contributed by atoms with Crippen LogP contribution in [-0.2, 0) is 14.4 Å². The fraction of sp³-hybridized carbons (Fsp3) is 0.875. The first-order valence-electron chi connectivity index (χ1n) is 11.3. The van der Waals surface area contributed by atoms with Crippen molar-refractivity contribution in [3.05, 3.63) is 0 Å². The molecule has 0 amide bonds. The van der Waals surface area contributed by atoms with Crippen molar-refractivity contribution in [2.24, 2.45) is 46.3 Å². The lowest BCUT2D eigenvalue weighted by atomic mass is 9.44. The highest BCUT2D eigenvalue weighted by Gasteiger charge is 2.66. The van der Waals surface area contributed by atoms with Gasteiger partial charge in [0.15, 0.2) is 0 Å². The molecule has 4 aliphatic rings. The maximum atomic E-state index is 13.6. The molecule has 4 fully saturated rings. The van der Waals surface area contributed by atoms with Crippen molar-refractivity contribution in [1.82, 2.24) is 0 Å². The molecule has 0 spiro atoms. The van der Waals surface area contributed by atoms with E-state index in [-0.39, 0.29) is 34.5 Å². The molecule has 0 saturated heterocycles. The molecule has 4 aliphatic carbocycles. The summed E-state index contributed by atoms with van der Waals surface area (Å²) in [4.78, 5) is 38.9. The van der Waals surface area contributed by atoms with Gasteiger partial charge < -0.3 is 0 Å². The van der Waals surface area contributed by atoms with Crippen molar-refractivity contribution in [3.8, 4) is 0 Å². The van der Waals surface area contributed by atoms with Gasteiger partial charge in [-0.3, -0.25) is 14.4 Å². The van der Waals surface area contributed by atoms with Crippen LogP contribution < -0.4 is 0 Å². The van der Waals surface area contributed by atoms with Crippen molar-refractivity contribution in [2.75, 3.05) is 0 Å². The van der Waals surface area contributed by atoms with Gasteiger partial charge in [0.25, 0.3) is 0 Å². The average Bonchev–Trinajstić information content (AvgIpc) is 2.96. The van der Waals surface area contributed by atoms with Crippen LogP contribution in [0, 0.1) is 46.3 Å². The first-order valence-corrected chi connectivity index (χ1v) is 11.3. The lowest BCUT2D eigenvalue weighted by Gasteiger charge is -2.58. The summed E-state index contributed by atoms with van der Waals surface area (Å²) >= 11 is 0. The van der Waals surface area contributed by atoms with Crippen molar-refractivity contribution in [2.45, 2.75) is 85.5 Å². The second-order valence-corrected chi connectivity index (χ2v) is 10.7. The molecule has 27 heavy (non-hydrogen) atoms. The Kier molecular flexibility index (Phi) is 4.67. The van der Waals surface area contributed by atoms with Crippen LogP contribution >= 0.6 is 0 Å². The van der Waals surface area contributed by atoms with E-state index in [4.69, 9.17) is 0 Å². The number of hydrogen-bond acceptors (Lipinski definition) is 3. The van der Waals surface area contributed by atoms with Gasteiger partial charge >= 0.3 is 0 Å². The maximum Gasteiger partial charge on any atom is 0.139 e. The topological polar surface area (TPSA) is 51.2 Å². The number of carbonyl (C=O) groups excluding carboxylic acids is 3. The van der Waals surface area contributed by atoms with Gasteiger partial charge in [-0.2, -0.15) is 0 Å². The summed E-state index contributed by atoms with van der Waals surface area (Å²) in [5.74, 6) is 2.71. The fourth-order valence-electron chi connectivity index (χ4n) is 8.05. The van der Waals surface area contributed by atoms with Gasteiger partial charge in [0.2, 0.25) is 0 Å². The SMILES string of the molecule is CCCC(C)C1CCC2C3C(=O)CC4CC(=O)CC[C@]4(C)C3CC(=O)[C@]12C. The molecule has 0 aromatic rings. The highest BCUT2D eigenvalue weighted by molar-refractivity contribution is 5.93. The normalized spacial score (nSPS) is 48.0. The smallest absolute Gasteiger partial charge is 0.139 e. The third kappa shape index (κ3) is 2.63. The molecule has 0 bridgehead atoms. The fourth-order valence-corrected chi connectivity index (χ4v) is 8.05. The first-order chi connectivity index (χ1) is 12.7. The standard InChI is InChI=1S/C24H36O3/c1-5-6-14(2)17-7-8-18-22-19(13-21(27)24(17,18)4)23(3)10-9-16(25)11-15(23)12-20(22)26/h14-15,17-19,22H,5-13H2,1-4H3/t14?,15?,17?,18?,19?,22?,23-,24+/m0/s1. The highest BCUT2D eigenvalue weighted by atomic mass is 16.1. The summed E-state index contributed by atoms with van der Waals surface area (Å²) in [7, 11) is 0. The van der Waals surface area contributed by atoms with E-state index in [9.17, 15) is 14.4 Å². The Balaban J connectivity index is 1.69. The summed E-state index contributed by atoms with van der Waals surface area (Å²) in [5.41, 5.74) is -0.310. The van der Waals surface area contributed by atoms with E-state index in [1.54, 1.807) is 0 Å². The van der Waals surface area contributed by atoms with Crippen LogP contribution in [0.15, 0.2) is 0 Å². The van der Waals surface area contributed by atoms with Crippen LogP contribution in [0.2, 0.25) is 0 Å². The zero-order chi connectivity index (χ0) is 19.6. The van der Waals surface area contributed by atoms with Gasteiger partial charge in [0.05, 0.1) is 0 Å². The van der Waals surface area contributed by atoms with Crippen molar-refractivity contribution in [1.29, 1.82) is 0 Å². The molecule has 0 aliphatic heterocycles. The third-order valence-corrected chi connectivity index (χ3v) is 9.65. The maximum absolute atomic E-state index is 13.6. The minimum absolute atomic E-state index is 0.00338. The van der Waals surface area contributed by atoms with E-state index in [1.165, 1.54) is 6.42 Å². The summed E-state index contributed by atoms with van der Waals surface area (Å²) in [6.07, 6.45) is 7.66. The van der Waals surface area contributed by atoms with E-state index in [2.05, 4.69) is 27.7 Å². The van der Waals surface area contributed by atoms with Gasteiger partial charge in [0, 0.05) is 37.0 Å². The van der Waals surface area contributed by atoms with E-state index in [0.717, 1.165) is 25.7 Å². The van der Waals surface area contributed by atoms with Crippen LogP contribution in [0.4, 0.5) is 0 Å². The Labute approximate surface area is 164 Å². The van der Waals surface area contributed by atoms with Crippen LogP contribution in [0.5, 0.6) is 0 Å². The predicted octanol–water partition coefficient (Wildman–Crippen LogP) is 5.01. The lowest BCUT2D eigenvalue weighted by Crippen LogP contribution is -2.60. The third-order valence-electron chi connectivity index (χ3n) is 9.65. The van der Waals surface area contributed by atoms with Gasteiger partial charge in [0.1, 0.15) is 17.3 Å². The zero-order valence-electron chi connectivity index (χ0n) is 17.6. The minimum Gasteiger partial charge on any atom is -0.300 e. The molecule has 0 aromatic carbocycles. The molecule has 0 aromatic heterocycles. The Hall–Kier alpha value is -0.990. The summed E-state index contributed by atoms with van der Waals surface area (Å²) < 4.78 is 0. The molecule has 3 heteroatoms. The van der Waals surface area contributed by atoms with Gasteiger partial charge in [-0.1, -0.05) is 40.5 Å². The second-order valence-electron chi connectivity index (χ2n) is 10.7. The van der Waals surface area contributed by atoms with Crippen LogP contribution in [-0.4, -0.2) is 17.3 Å². The summed E-state index contributed by atoms with van der Waals surface area (Å²) in [6, 6.07) is 0. The lowest BCUT2D eigenvalue weighted by molar-refractivity contribution is -0.166. The Morgan fingerprint density at radius 3 is 2.48 bits per heavy atom. The van der Waals surface area contributed by atoms with E-state index in [0.29, 0.717) is 54.9 Å². The molecule has 6 unspecified atom stereocenters. The van der Waals surface area contributed by atoms with Crippen molar-refractivity contribution < 1.29 is 14.4 Å². The van der Waals surface area contributed by atoms with Gasteiger partial charge in [-0.15, -0.1) is 0 Å². The van der Waals surface area contributed by atoms with Gasteiger partial charge in [-0.05, 0) is 54.3 Å². The average molecular weight is 373 g/mol. The van der Waals surface area contributed by atoms with Crippen LogP contribution in [0.25, 0.3) is 0 Å². The van der Waals surface area contributed by atoms with Crippen molar-refractivity contribution in [3.63, 3.8) is 0 Å². The molecule has 4 saturated carbocycles. The molecule has 150 valence electrons. The number of ketones is 3. The summed E-state index contributed by atoms with van der Waals surface area (Å²) in [6.45, 7) is 9.02. The van der Waals surface area contributed by atoms with E-state index >= 15 is 0 Å². The number of carbonyl (C=O) groups is 3.